The highest BCUT2D eigenvalue weighted by Gasteiger charge is 2.16. The Hall–Kier alpha value is -2.37. The van der Waals surface area contributed by atoms with E-state index in [1.54, 1.807) is 46.8 Å². The van der Waals surface area contributed by atoms with Gasteiger partial charge in [0.05, 0.1) is 21.3 Å². The highest BCUT2D eigenvalue weighted by atomic mass is 16.5. The molecule has 0 saturated heterocycles. The smallest absolute Gasteiger partial charge is 0.294 e. The summed E-state index contributed by atoms with van der Waals surface area (Å²) in [5.41, 5.74) is 1.42. The molecule has 2 aromatic rings. The Bertz CT molecular complexity index is 566. The van der Waals surface area contributed by atoms with Crippen molar-refractivity contribution in [1.29, 1.82) is 0 Å². The number of ether oxygens (including phenoxy) is 3. The number of aromatic nitrogens is 1. The maximum absolute atomic E-state index is 5.35. The first-order valence-corrected chi connectivity index (χ1v) is 5.67. The Morgan fingerprint density at radius 1 is 1.00 bits per heavy atom. The van der Waals surface area contributed by atoms with Crippen LogP contribution >= 0.6 is 0 Å². The van der Waals surface area contributed by atoms with E-state index in [4.69, 9.17) is 18.6 Å². The van der Waals surface area contributed by atoms with E-state index in [9.17, 15) is 0 Å². The molecule has 102 valence electrons. The van der Waals surface area contributed by atoms with Crippen molar-refractivity contribution in [3.8, 4) is 28.5 Å². The van der Waals surface area contributed by atoms with Crippen molar-refractivity contribution in [2.24, 2.45) is 0 Å². The third-order valence-electron chi connectivity index (χ3n) is 2.70. The van der Waals surface area contributed by atoms with Gasteiger partial charge >= 0.3 is 0 Å². The zero-order valence-corrected chi connectivity index (χ0v) is 11.3. The van der Waals surface area contributed by atoms with Gasteiger partial charge in [-0.1, -0.05) is 0 Å². The van der Waals surface area contributed by atoms with Gasteiger partial charge in [0, 0.05) is 18.7 Å². The number of hydrogen-bond donors (Lipinski definition) is 1. The molecule has 1 aromatic heterocycles. The molecule has 0 aliphatic heterocycles. The molecule has 6 nitrogen and oxygen atoms in total. The molecule has 0 bridgehead atoms. The average Bonchev–Trinajstić information content (AvgIpc) is 2.94. The SMILES string of the molecule is CNc1nc(-c2cc(OC)c(OC)cc2OC)co1. The minimum Gasteiger partial charge on any atom is -0.496 e. The maximum atomic E-state index is 5.35. The van der Waals surface area contributed by atoms with E-state index in [1.165, 1.54) is 0 Å². The van der Waals surface area contributed by atoms with Crippen LogP contribution in [0.3, 0.4) is 0 Å². The summed E-state index contributed by atoms with van der Waals surface area (Å²) >= 11 is 0. The standard InChI is InChI=1S/C13H16N2O4/c1-14-13-15-9(7-19-13)8-5-11(17-3)12(18-4)6-10(8)16-2/h5-7H,1-4H3,(H,14,15). The molecule has 0 unspecified atom stereocenters. The van der Waals surface area contributed by atoms with Crippen LogP contribution in [0.1, 0.15) is 0 Å². The topological polar surface area (TPSA) is 65.8 Å². The second-order valence-electron chi connectivity index (χ2n) is 3.70. The van der Waals surface area contributed by atoms with Gasteiger partial charge in [0.2, 0.25) is 0 Å². The number of benzene rings is 1. The quantitative estimate of drug-likeness (QED) is 0.894. The Balaban J connectivity index is 2.54. The summed E-state index contributed by atoms with van der Waals surface area (Å²) in [5.74, 6) is 1.83. The first kappa shape index (κ1) is 13.1. The molecule has 19 heavy (non-hydrogen) atoms. The van der Waals surface area contributed by atoms with Gasteiger partial charge in [0.15, 0.2) is 11.5 Å². The van der Waals surface area contributed by atoms with Crippen molar-refractivity contribution in [2.75, 3.05) is 33.7 Å². The van der Waals surface area contributed by atoms with Crippen LogP contribution in [0.2, 0.25) is 0 Å². The lowest BCUT2D eigenvalue weighted by atomic mass is 10.1. The lowest BCUT2D eigenvalue weighted by Crippen LogP contribution is -1.95. The van der Waals surface area contributed by atoms with Gasteiger partial charge in [-0.15, -0.1) is 0 Å². The first-order valence-electron chi connectivity index (χ1n) is 5.67. The third-order valence-corrected chi connectivity index (χ3v) is 2.70. The molecule has 0 saturated carbocycles. The van der Waals surface area contributed by atoms with Crippen molar-refractivity contribution in [3.05, 3.63) is 18.4 Å². The Morgan fingerprint density at radius 3 is 2.16 bits per heavy atom. The molecule has 0 atom stereocenters. The maximum Gasteiger partial charge on any atom is 0.294 e. The molecule has 0 radical (unpaired) electrons. The monoisotopic (exact) mass is 264 g/mol. The summed E-state index contributed by atoms with van der Waals surface area (Å²) in [6, 6.07) is 3.99. The molecular formula is C13H16N2O4. The third kappa shape index (κ3) is 2.42. The lowest BCUT2D eigenvalue weighted by Gasteiger charge is -2.12. The van der Waals surface area contributed by atoms with E-state index in [2.05, 4.69) is 10.3 Å². The number of methoxy groups -OCH3 is 3. The summed E-state index contributed by atoms with van der Waals surface area (Å²) in [4.78, 5) is 4.28. The van der Waals surface area contributed by atoms with Crippen LogP contribution in [0.4, 0.5) is 6.01 Å². The summed E-state index contributed by atoms with van der Waals surface area (Å²) < 4.78 is 21.1. The van der Waals surface area contributed by atoms with E-state index >= 15 is 0 Å². The van der Waals surface area contributed by atoms with Gasteiger partial charge in [-0.3, -0.25) is 0 Å². The van der Waals surface area contributed by atoms with Crippen molar-refractivity contribution < 1.29 is 18.6 Å². The van der Waals surface area contributed by atoms with Gasteiger partial charge in [0.25, 0.3) is 6.01 Å². The van der Waals surface area contributed by atoms with E-state index in [0.29, 0.717) is 29.0 Å². The summed E-state index contributed by atoms with van der Waals surface area (Å²) in [7, 11) is 6.48. The zero-order chi connectivity index (χ0) is 13.8. The second kappa shape index (κ2) is 5.51. The molecule has 0 aliphatic carbocycles. The number of anilines is 1. The highest BCUT2D eigenvalue weighted by Crippen LogP contribution is 2.39. The number of rotatable bonds is 5. The van der Waals surface area contributed by atoms with Crippen LogP contribution in [0.15, 0.2) is 22.8 Å². The minimum absolute atomic E-state index is 0.437. The van der Waals surface area contributed by atoms with E-state index in [0.717, 1.165) is 5.56 Å². The van der Waals surface area contributed by atoms with Crippen molar-refractivity contribution in [3.63, 3.8) is 0 Å². The van der Waals surface area contributed by atoms with Crippen molar-refractivity contribution in [2.45, 2.75) is 0 Å². The van der Waals surface area contributed by atoms with Crippen LogP contribution in [0, 0.1) is 0 Å². The van der Waals surface area contributed by atoms with E-state index < -0.39 is 0 Å². The largest absolute Gasteiger partial charge is 0.496 e. The number of oxazole rings is 1. The molecule has 1 aromatic carbocycles. The molecule has 0 fully saturated rings. The predicted octanol–water partition coefficient (Wildman–Crippen LogP) is 2.41. The van der Waals surface area contributed by atoms with Gasteiger partial charge < -0.3 is 23.9 Å². The fraction of sp³-hybridized carbons (Fsp3) is 0.308. The first-order chi connectivity index (χ1) is 9.23. The van der Waals surface area contributed by atoms with E-state index in [-0.39, 0.29) is 0 Å². The number of nitrogens with zero attached hydrogens (tertiary/aromatic N) is 1. The van der Waals surface area contributed by atoms with Gasteiger partial charge in [-0.05, 0) is 6.07 Å². The van der Waals surface area contributed by atoms with Crippen LogP contribution in [0.5, 0.6) is 17.2 Å². The molecular weight excluding hydrogens is 248 g/mol. The average molecular weight is 264 g/mol. The molecule has 1 heterocycles. The Kier molecular flexibility index (Phi) is 3.79. The molecule has 2 rings (SSSR count). The van der Waals surface area contributed by atoms with Crippen molar-refractivity contribution in [1.82, 2.24) is 4.98 Å². The molecule has 0 aliphatic rings. The highest BCUT2D eigenvalue weighted by molar-refractivity contribution is 5.71. The second-order valence-corrected chi connectivity index (χ2v) is 3.70. The molecule has 0 spiro atoms. The molecule has 0 amide bonds. The lowest BCUT2D eigenvalue weighted by molar-refractivity contribution is 0.349. The summed E-state index contributed by atoms with van der Waals surface area (Å²) in [5, 5.41) is 2.83. The van der Waals surface area contributed by atoms with Crippen molar-refractivity contribution >= 4 is 6.01 Å². The summed E-state index contributed by atoms with van der Waals surface area (Å²) in [6.45, 7) is 0. The Morgan fingerprint density at radius 2 is 1.63 bits per heavy atom. The molecule has 6 heteroatoms. The van der Waals surface area contributed by atoms with Crippen LogP contribution in [-0.4, -0.2) is 33.4 Å². The number of hydrogen-bond acceptors (Lipinski definition) is 6. The normalized spacial score (nSPS) is 10.1. The minimum atomic E-state index is 0.437. The summed E-state index contributed by atoms with van der Waals surface area (Å²) in [6.07, 6.45) is 1.55. The van der Waals surface area contributed by atoms with Crippen LogP contribution in [0.25, 0.3) is 11.3 Å². The number of nitrogens with one attached hydrogen (secondary N) is 1. The zero-order valence-electron chi connectivity index (χ0n) is 11.3. The predicted molar refractivity (Wildman–Crippen MR) is 71.1 cm³/mol. The Labute approximate surface area is 111 Å². The fourth-order valence-electron chi connectivity index (χ4n) is 1.74. The molecule has 1 N–H and O–H groups in total. The van der Waals surface area contributed by atoms with Gasteiger partial charge in [0.1, 0.15) is 17.7 Å². The van der Waals surface area contributed by atoms with Gasteiger partial charge in [-0.2, -0.15) is 4.98 Å². The fourth-order valence-corrected chi connectivity index (χ4v) is 1.74. The van der Waals surface area contributed by atoms with Crippen LogP contribution < -0.4 is 19.5 Å². The van der Waals surface area contributed by atoms with Crippen LogP contribution in [-0.2, 0) is 0 Å². The van der Waals surface area contributed by atoms with E-state index in [1.807, 2.05) is 0 Å². The van der Waals surface area contributed by atoms with Gasteiger partial charge in [-0.25, -0.2) is 0 Å².